The molecule has 0 heterocycles. The number of nitrogens with one attached hydrogen (secondary N) is 1. The van der Waals surface area contributed by atoms with E-state index in [0.717, 1.165) is 5.56 Å². The van der Waals surface area contributed by atoms with Gasteiger partial charge in [0, 0.05) is 21.2 Å². The fourth-order valence-electron chi connectivity index (χ4n) is 1.84. The van der Waals surface area contributed by atoms with Crippen LogP contribution in [0.3, 0.4) is 0 Å². The maximum atomic E-state index is 12.4. The lowest BCUT2D eigenvalue weighted by Crippen LogP contribution is -2.27. The molecule has 0 saturated carbocycles. The first-order chi connectivity index (χ1) is 9.79. The van der Waals surface area contributed by atoms with Crippen molar-refractivity contribution in [3.8, 4) is 0 Å². The Morgan fingerprint density at radius 3 is 2.43 bits per heavy atom. The number of hydrogen-bond acceptors (Lipinski definition) is 3. The van der Waals surface area contributed by atoms with Crippen LogP contribution in [0.5, 0.6) is 0 Å². The number of anilines is 1. The van der Waals surface area contributed by atoms with Crippen LogP contribution in [0.25, 0.3) is 0 Å². The largest absolute Gasteiger partial charge is 0.399 e. The van der Waals surface area contributed by atoms with E-state index in [-0.39, 0.29) is 10.9 Å². The molecule has 0 aromatic heterocycles. The van der Waals surface area contributed by atoms with E-state index in [9.17, 15) is 8.42 Å². The van der Waals surface area contributed by atoms with Crippen LogP contribution in [0.1, 0.15) is 18.5 Å². The quantitative estimate of drug-likeness (QED) is 0.783. The molecule has 0 spiro atoms. The minimum absolute atomic E-state index is 0.114. The number of benzene rings is 2. The van der Waals surface area contributed by atoms with Crippen LogP contribution < -0.4 is 10.5 Å². The summed E-state index contributed by atoms with van der Waals surface area (Å²) < 4.78 is 28.0. The van der Waals surface area contributed by atoms with Gasteiger partial charge < -0.3 is 5.73 Å². The maximum absolute atomic E-state index is 12.4. The highest BCUT2D eigenvalue weighted by atomic mass is 79.9. The van der Waals surface area contributed by atoms with E-state index in [1.807, 2.05) is 0 Å². The fraction of sp³-hybridized carbons (Fsp3) is 0.143. The first-order valence-corrected chi connectivity index (χ1v) is 8.78. The highest BCUT2D eigenvalue weighted by Gasteiger charge is 2.21. The molecule has 0 aliphatic carbocycles. The average Bonchev–Trinajstić information content (AvgIpc) is 2.41. The third-order valence-electron chi connectivity index (χ3n) is 2.95. The number of nitrogens with two attached hydrogens (primary N) is 1. The van der Waals surface area contributed by atoms with Crippen LogP contribution in [0, 0.1) is 0 Å². The third-order valence-corrected chi connectivity index (χ3v) is 5.73. The summed E-state index contributed by atoms with van der Waals surface area (Å²) in [6.07, 6.45) is 0. The molecule has 0 amide bonds. The second-order valence-electron chi connectivity index (χ2n) is 4.58. The lowest BCUT2D eigenvalue weighted by atomic mass is 10.1. The molecule has 2 rings (SSSR count). The van der Waals surface area contributed by atoms with Crippen molar-refractivity contribution in [1.82, 2.24) is 4.72 Å². The Bertz CT molecular complexity index is 748. The average molecular weight is 390 g/mol. The van der Waals surface area contributed by atoms with Crippen molar-refractivity contribution < 1.29 is 8.42 Å². The first kappa shape index (κ1) is 16.3. The number of rotatable bonds is 4. The molecule has 0 aliphatic rings. The van der Waals surface area contributed by atoms with Gasteiger partial charge in [0.05, 0.1) is 4.90 Å². The van der Waals surface area contributed by atoms with Crippen molar-refractivity contribution in [2.45, 2.75) is 17.9 Å². The van der Waals surface area contributed by atoms with Gasteiger partial charge in [-0.1, -0.05) is 23.7 Å². The Morgan fingerprint density at radius 1 is 1.19 bits per heavy atom. The van der Waals surface area contributed by atoms with Crippen LogP contribution in [0.2, 0.25) is 5.02 Å². The van der Waals surface area contributed by atoms with Crippen molar-refractivity contribution in [2.24, 2.45) is 0 Å². The second-order valence-corrected chi connectivity index (χ2v) is 7.56. The normalized spacial score (nSPS) is 13.1. The summed E-state index contributed by atoms with van der Waals surface area (Å²) in [5, 5.41) is 0.604. The van der Waals surface area contributed by atoms with Gasteiger partial charge >= 0.3 is 0 Å². The summed E-state index contributed by atoms with van der Waals surface area (Å²) in [5.74, 6) is 0. The molecule has 0 bridgehead atoms. The Morgan fingerprint density at radius 2 is 1.81 bits per heavy atom. The van der Waals surface area contributed by atoms with Crippen molar-refractivity contribution in [2.75, 3.05) is 5.73 Å². The van der Waals surface area contributed by atoms with Crippen molar-refractivity contribution in [1.29, 1.82) is 0 Å². The molecule has 0 fully saturated rings. The lowest BCUT2D eigenvalue weighted by Gasteiger charge is -2.16. The Hall–Kier alpha value is -1.08. The molecule has 2 aromatic rings. The Labute approximate surface area is 137 Å². The lowest BCUT2D eigenvalue weighted by molar-refractivity contribution is 0.566. The zero-order valence-electron chi connectivity index (χ0n) is 11.2. The first-order valence-electron chi connectivity index (χ1n) is 6.12. The zero-order chi connectivity index (χ0) is 15.6. The van der Waals surface area contributed by atoms with Crippen LogP contribution >= 0.6 is 27.5 Å². The van der Waals surface area contributed by atoms with Crippen LogP contribution in [0.15, 0.2) is 51.8 Å². The number of halogens is 2. The predicted octanol–water partition coefficient (Wildman–Crippen LogP) is 3.72. The van der Waals surface area contributed by atoms with Crippen molar-refractivity contribution in [3.05, 3.63) is 57.5 Å². The van der Waals surface area contributed by atoms with Gasteiger partial charge in [-0.3, -0.25) is 0 Å². The number of hydrogen-bond donors (Lipinski definition) is 2. The Kier molecular flexibility index (Phi) is 4.93. The maximum Gasteiger partial charge on any atom is 0.242 e. The van der Waals surface area contributed by atoms with E-state index in [1.165, 1.54) is 6.07 Å². The van der Waals surface area contributed by atoms with Crippen LogP contribution in [-0.4, -0.2) is 8.42 Å². The molecule has 0 radical (unpaired) electrons. The number of nitrogen functional groups attached to an aromatic ring is 1. The van der Waals surface area contributed by atoms with Crippen LogP contribution in [-0.2, 0) is 10.0 Å². The van der Waals surface area contributed by atoms with E-state index < -0.39 is 10.0 Å². The van der Waals surface area contributed by atoms with Gasteiger partial charge in [-0.25, -0.2) is 13.1 Å². The predicted molar refractivity (Wildman–Crippen MR) is 88.7 cm³/mol. The van der Waals surface area contributed by atoms with Crippen molar-refractivity contribution in [3.63, 3.8) is 0 Å². The molecule has 1 atom stereocenters. The monoisotopic (exact) mass is 388 g/mol. The highest BCUT2D eigenvalue weighted by Crippen LogP contribution is 2.26. The van der Waals surface area contributed by atoms with E-state index in [1.54, 1.807) is 43.3 Å². The molecule has 4 nitrogen and oxygen atoms in total. The van der Waals surface area contributed by atoms with Gasteiger partial charge in [0.1, 0.15) is 0 Å². The molecule has 112 valence electrons. The Balaban J connectivity index is 2.28. The molecule has 1 unspecified atom stereocenters. The highest BCUT2D eigenvalue weighted by molar-refractivity contribution is 9.10. The molecule has 0 saturated heterocycles. The van der Waals surface area contributed by atoms with Gasteiger partial charge in [-0.2, -0.15) is 0 Å². The zero-order valence-corrected chi connectivity index (χ0v) is 14.3. The molecule has 21 heavy (non-hydrogen) atoms. The van der Waals surface area contributed by atoms with Crippen molar-refractivity contribution >= 4 is 43.2 Å². The molecule has 7 heteroatoms. The van der Waals surface area contributed by atoms with E-state index >= 15 is 0 Å². The topological polar surface area (TPSA) is 72.2 Å². The summed E-state index contributed by atoms with van der Waals surface area (Å²) in [4.78, 5) is 0.114. The molecule has 0 aliphatic heterocycles. The van der Waals surface area contributed by atoms with Gasteiger partial charge in [0.25, 0.3) is 0 Å². The van der Waals surface area contributed by atoms with Gasteiger partial charge in [0.15, 0.2) is 0 Å². The van der Waals surface area contributed by atoms with E-state index in [4.69, 9.17) is 17.3 Å². The standard InChI is InChI=1S/C14H14BrClN2O2S/c1-9(10-2-4-11(16)5-3-10)18-21(19,20)14-8-12(17)6-7-13(14)15/h2-9,18H,17H2,1H3. The summed E-state index contributed by atoms with van der Waals surface area (Å²) in [5.41, 5.74) is 6.86. The molecular weight excluding hydrogens is 376 g/mol. The van der Waals surface area contributed by atoms with Gasteiger partial charge in [-0.15, -0.1) is 0 Å². The summed E-state index contributed by atoms with van der Waals surface area (Å²) in [7, 11) is -3.68. The SMILES string of the molecule is CC(NS(=O)(=O)c1cc(N)ccc1Br)c1ccc(Cl)cc1. The third kappa shape index (κ3) is 3.97. The second kappa shape index (κ2) is 6.36. The number of sulfonamides is 1. The smallest absolute Gasteiger partial charge is 0.242 e. The minimum Gasteiger partial charge on any atom is -0.399 e. The minimum atomic E-state index is -3.68. The fourth-order valence-corrected chi connectivity index (χ4v) is 4.20. The summed E-state index contributed by atoms with van der Waals surface area (Å²) >= 11 is 9.05. The van der Waals surface area contributed by atoms with Gasteiger partial charge in [0.2, 0.25) is 10.0 Å². The summed E-state index contributed by atoms with van der Waals surface area (Å²) in [6, 6.07) is 11.3. The molecule has 3 N–H and O–H groups in total. The molecule has 2 aromatic carbocycles. The molecular formula is C14H14BrClN2O2S. The van der Waals surface area contributed by atoms with Gasteiger partial charge in [-0.05, 0) is 58.7 Å². The van der Waals surface area contributed by atoms with Crippen LogP contribution in [0.4, 0.5) is 5.69 Å². The van der Waals surface area contributed by atoms with E-state index in [2.05, 4.69) is 20.7 Å². The summed E-state index contributed by atoms with van der Waals surface area (Å²) in [6.45, 7) is 1.76. The van der Waals surface area contributed by atoms with E-state index in [0.29, 0.717) is 15.2 Å².